The van der Waals surface area contributed by atoms with Crippen LogP contribution in [0.3, 0.4) is 0 Å². The van der Waals surface area contributed by atoms with Crippen LogP contribution in [0.25, 0.3) is 77.2 Å². The first-order valence-corrected chi connectivity index (χ1v) is 26.5. The van der Waals surface area contributed by atoms with Gasteiger partial charge in [0.05, 0.1) is 0 Å². The summed E-state index contributed by atoms with van der Waals surface area (Å²) >= 11 is 0. The van der Waals surface area contributed by atoms with Crippen molar-refractivity contribution < 1.29 is 0 Å². The van der Waals surface area contributed by atoms with E-state index in [1.165, 1.54) is 120 Å². The molecule has 0 radical (unpaired) electrons. The minimum Gasteiger partial charge on any atom is -0.0623 e. The van der Waals surface area contributed by atoms with Gasteiger partial charge in [0, 0.05) is 10.8 Å². The average molecular weight is 897 g/mol. The summed E-state index contributed by atoms with van der Waals surface area (Å²) in [6.45, 7) is 9.63. The van der Waals surface area contributed by atoms with Crippen molar-refractivity contribution in [3.63, 3.8) is 0 Å². The Bertz CT molecular complexity index is 3670. The van der Waals surface area contributed by atoms with Crippen LogP contribution < -0.4 is 20.7 Å². The third-order valence-electron chi connectivity index (χ3n) is 16.0. The molecule has 0 N–H and O–H groups in total. The highest BCUT2D eigenvalue weighted by Gasteiger charge is 2.44. The summed E-state index contributed by atoms with van der Waals surface area (Å²) in [5, 5.41) is 10.7. The summed E-state index contributed by atoms with van der Waals surface area (Å²) in [4.78, 5) is 0. The molecule has 2 aliphatic rings. The van der Waals surface area contributed by atoms with E-state index in [9.17, 15) is 0 Å². The van der Waals surface area contributed by atoms with E-state index in [0.29, 0.717) is 0 Å². The van der Waals surface area contributed by atoms with Crippen LogP contribution in [-0.4, -0.2) is 8.07 Å². The van der Waals surface area contributed by atoms with Crippen molar-refractivity contribution in [1.82, 2.24) is 0 Å². The Morgan fingerprint density at radius 1 is 0.246 bits per heavy atom. The van der Waals surface area contributed by atoms with Crippen molar-refractivity contribution in [2.45, 2.75) is 38.5 Å². The second-order valence-corrected chi connectivity index (χ2v) is 24.1. The largest absolute Gasteiger partial charge is 0.179 e. The lowest BCUT2D eigenvalue weighted by Crippen LogP contribution is -2.74. The minimum absolute atomic E-state index is 0.0786. The summed E-state index contributed by atoms with van der Waals surface area (Å²) in [6, 6.07) is 92.1. The van der Waals surface area contributed by atoms with Crippen LogP contribution in [0.4, 0.5) is 0 Å². The second-order valence-electron chi connectivity index (χ2n) is 20.3. The molecule has 11 aromatic rings. The van der Waals surface area contributed by atoms with E-state index in [4.69, 9.17) is 0 Å². The van der Waals surface area contributed by atoms with Crippen LogP contribution in [0.1, 0.15) is 49.9 Å². The number of rotatable bonds is 7. The van der Waals surface area contributed by atoms with Gasteiger partial charge in [0.1, 0.15) is 0 Å². The topological polar surface area (TPSA) is 0 Å². The van der Waals surface area contributed by atoms with Gasteiger partial charge in [0.15, 0.2) is 8.07 Å². The van der Waals surface area contributed by atoms with Gasteiger partial charge in [-0.1, -0.05) is 258 Å². The van der Waals surface area contributed by atoms with E-state index < -0.39 is 8.07 Å². The van der Waals surface area contributed by atoms with E-state index in [2.05, 4.69) is 270 Å². The van der Waals surface area contributed by atoms with Crippen LogP contribution in [0, 0.1) is 0 Å². The van der Waals surface area contributed by atoms with E-state index in [1.54, 1.807) is 0 Å². The van der Waals surface area contributed by atoms with Crippen LogP contribution in [0.2, 0.25) is 0 Å². The van der Waals surface area contributed by atoms with Gasteiger partial charge in [-0.3, -0.25) is 0 Å². The summed E-state index contributed by atoms with van der Waals surface area (Å²) in [5.41, 5.74) is 18.2. The Morgan fingerprint density at radius 3 is 1.14 bits per heavy atom. The Labute approximate surface area is 407 Å². The molecule has 0 spiro atoms. The summed E-state index contributed by atoms with van der Waals surface area (Å²) in [5.74, 6) is 0. The van der Waals surface area contributed by atoms with Crippen molar-refractivity contribution in [2.24, 2.45) is 0 Å². The van der Waals surface area contributed by atoms with Crippen LogP contribution in [-0.2, 0) is 10.8 Å². The standard InChI is InChI=1S/C68H52Si/c1-67(2)61-35-21-20-29-52(61)53-39-36-45(42-62(53)67)51-28-14-15-30-56(51)66-59-33-18-16-31-57(59)65(58-32-17-19-34-60(58)66)46-37-40-54-55-41-38-50(44-64(55)68(3,4)63(54)43-46)69(47-22-8-5-9-23-47,48-24-10-6-11-25-48)49-26-12-7-13-27-49/h5-44H,1-4H3. The lowest BCUT2D eigenvalue weighted by molar-refractivity contribution is 0.660. The summed E-state index contributed by atoms with van der Waals surface area (Å²) in [6.07, 6.45) is 0. The number of hydrogen-bond acceptors (Lipinski definition) is 0. The van der Waals surface area contributed by atoms with Gasteiger partial charge < -0.3 is 0 Å². The van der Waals surface area contributed by atoms with Crippen molar-refractivity contribution >= 4 is 50.4 Å². The molecule has 69 heavy (non-hydrogen) atoms. The molecule has 328 valence electrons. The SMILES string of the molecule is CC1(C)c2ccccc2-c2ccc(-c3ccccc3-c3c4ccccc4c(-c4ccc5c(c4)C(C)(C)c4cc([Si](c6ccccc6)(c6ccccc6)c6ccccc6)ccc4-5)c4ccccc34)cc21. The highest BCUT2D eigenvalue weighted by atomic mass is 28.3. The fraction of sp³-hybridized carbons (Fsp3) is 0.0882. The minimum atomic E-state index is -2.72. The molecule has 0 saturated heterocycles. The first kappa shape index (κ1) is 41.4. The molecule has 2 aliphatic carbocycles. The highest BCUT2D eigenvalue weighted by molar-refractivity contribution is 7.19. The van der Waals surface area contributed by atoms with Crippen LogP contribution in [0.15, 0.2) is 243 Å². The van der Waals surface area contributed by atoms with Gasteiger partial charge in [-0.2, -0.15) is 0 Å². The number of benzene rings is 11. The third-order valence-corrected chi connectivity index (χ3v) is 20.8. The van der Waals surface area contributed by atoms with Crippen LogP contribution >= 0.6 is 0 Å². The van der Waals surface area contributed by atoms with Gasteiger partial charge in [-0.05, 0) is 132 Å². The second kappa shape index (κ2) is 15.6. The maximum absolute atomic E-state index is 2.72. The van der Waals surface area contributed by atoms with E-state index in [0.717, 1.165) is 0 Å². The summed E-state index contributed by atoms with van der Waals surface area (Å²) < 4.78 is 0. The maximum atomic E-state index is 2.59. The van der Waals surface area contributed by atoms with Crippen molar-refractivity contribution in [3.05, 3.63) is 265 Å². The molecule has 0 atom stereocenters. The lowest BCUT2D eigenvalue weighted by Gasteiger charge is -2.35. The zero-order valence-electron chi connectivity index (χ0n) is 39.6. The first-order valence-electron chi connectivity index (χ1n) is 24.5. The number of fused-ring (bicyclic) bond motifs is 8. The Kier molecular flexibility index (Phi) is 9.35. The fourth-order valence-corrected chi connectivity index (χ4v) is 17.5. The molecule has 0 nitrogen and oxygen atoms in total. The molecule has 11 aromatic carbocycles. The molecule has 1 heteroatoms. The van der Waals surface area contributed by atoms with Gasteiger partial charge in [-0.15, -0.1) is 0 Å². The molecular weight excluding hydrogens is 845 g/mol. The molecule has 0 heterocycles. The molecule has 0 amide bonds. The summed E-state index contributed by atoms with van der Waals surface area (Å²) in [7, 11) is -2.72. The fourth-order valence-electron chi connectivity index (χ4n) is 12.7. The molecular formula is C68H52Si. The monoisotopic (exact) mass is 896 g/mol. The number of hydrogen-bond donors (Lipinski definition) is 0. The van der Waals surface area contributed by atoms with Gasteiger partial charge in [-0.25, -0.2) is 0 Å². The highest BCUT2D eigenvalue weighted by Crippen LogP contribution is 2.53. The van der Waals surface area contributed by atoms with Crippen LogP contribution in [0.5, 0.6) is 0 Å². The Hall–Kier alpha value is -7.84. The van der Waals surface area contributed by atoms with Crippen molar-refractivity contribution in [3.8, 4) is 55.6 Å². The van der Waals surface area contributed by atoms with Crippen molar-refractivity contribution in [1.29, 1.82) is 0 Å². The molecule has 13 rings (SSSR count). The smallest absolute Gasteiger partial charge is 0.0623 e. The Morgan fingerprint density at radius 2 is 0.609 bits per heavy atom. The molecule has 0 fully saturated rings. The van der Waals surface area contributed by atoms with E-state index >= 15 is 0 Å². The average Bonchev–Trinajstić information content (AvgIpc) is 3.77. The molecule has 0 bridgehead atoms. The zero-order valence-corrected chi connectivity index (χ0v) is 40.6. The molecule has 0 unspecified atom stereocenters. The van der Waals surface area contributed by atoms with Gasteiger partial charge in [0.2, 0.25) is 0 Å². The Balaban J connectivity index is 0.969. The molecule has 0 aromatic heterocycles. The third kappa shape index (κ3) is 6.07. The predicted molar refractivity (Wildman–Crippen MR) is 297 cm³/mol. The zero-order chi connectivity index (χ0) is 46.5. The van der Waals surface area contributed by atoms with E-state index in [-0.39, 0.29) is 10.8 Å². The first-order chi connectivity index (χ1) is 33.8. The van der Waals surface area contributed by atoms with Gasteiger partial charge in [0.25, 0.3) is 0 Å². The molecule has 0 saturated carbocycles. The van der Waals surface area contributed by atoms with Gasteiger partial charge >= 0.3 is 0 Å². The van der Waals surface area contributed by atoms with Crippen molar-refractivity contribution in [2.75, 3.05) is 0 Å². The lowest BCUT2D eigenvalue weighted by atomic mass is 9.79. The molecule has 0 aliphatic heterocycles. The predicted octanol–water partition coefficient (Wildman–Crippen LogP) is 15.0. The maximum Gasteiger partial charge on any atom is 0.179 e. The quantitative estimate of drug-likeness (QED) is 0.0849. The normalized spacial score (nSPS) is 14.0. The van der Waals surface area contributed by atoms with E-state index in [1.807, 2.05) is 0 Å².